The second kappa shape index (κ2) is 5.51. The van der Waals surface area contributed by atoms with E-state index in [1.165, 1.54) is 11.9 Å². The molecule has 1 aromatic rings. The lowest BCUT2D eigenvalue weighted by Gasteiger charge is -2.23. The van der Waals surface area contributed by atoms with E-state index in [0.29, 0.717) is 0 Å². The average Bonchev–Trinajstić information content (AvgIpc) is 2.27. The Morgan fingerprint density at radius 1 is 1.29 bits per heavy atom. The number of hydrogen-bond acceptors (Lipinski definition) is 6. The first-order chi connectivity index (χ1) is 8.02. The number of H-pyrrole nitrogens is 1. The third-order valence-corrected chi connectivity index (χ3v) is 2.40. The van der Waals surface area contributed by atoms with Crippen LogP contribution in [0.5, 0.6) is 0 Å². The van der Waals surface area contributed by atoms with E-state index in [1.807, 2.05) is 0 Å². The van der Waals surface area contributed by atoms with Crippen LogP contribution in [0.15, 0.2) is 9.59 Å². The van der Waals surface area contributed by atoms with Crippen molar-refractivity contribution >= 4 is 11.5 Å². The monoisotopic (exact) mass is 244 g/mol. The Morgan fingerprint density at radius 2 is 1.82 bits per heavy atom. The molecule has 0 fully saturated rings. The number of hydrogen-bond donors (Lipinski definition) is 4. The average molecular weight is 244 g/mol. The maximum Gasteiger partial charge on any atom is 0.329 e. The van der Waals surface area contributed by atoms with E-state index >= 15 is 0 Å². The number of aromatic amines is 1. The van der Waals surface area contributed by atoms with Crippen molar-refractivity contribution in [1.82, 2.24) is 9.55 Å². The van der Waals surface area contributed by atoms with Crippen LogP contribution >= 0.6 is 0 Å². The predicted molar refractivity (Wildman–Crippen MR) is 63.1 cm³/mol. The summed E-state index contributed by atoms with van der Waals surface area (Å²) in [6, 6.07) is 0. The molecule has 0 saturated heterocycles. The Morgan fingerprint density at radius 3 is 2.29 bits per heavy atom. The summed E-state index contributed by atoms with van der Waals surface area (Å²) in [6.07, 6.45) is 0. The second-order valence-corrected chi connectivity index (χ2v) is 3.49. The molecule has 0 unspecified atom stereocenters. The summed E-state index contributed by atoms with van der Waals surface area (Å²) >= 11 is 0. The minimum absolute atomic E-state index is 0.000602. The molecule has 17 heavy (non-hydrogen) atoms. The number of nitrogens with one attached hydrogen (secondary N) is 1. The molecule has 1 aromatic heterocycles. The molecule has 8 heteroatoms. The van der Waals surface area contributed by atoms with Gasteiger partial charge in [0.15, 0.2) is 0 Å². The van der Waals surface area contributed by atoms with E-state index in [2.05, 4.69) is 4.98 Å². The van der Waals surface area contributed by atoms with Gasteiger partial charge >= 0.3 is 5.69 Å². The van der Waals surface area contributed by atoms with Crippen molar-refractivity contribution in [3.63, 3.8) is 0 Å². The summed E-state index contributed by atoms with van der Waals surface area (Å²) in [6.45, 7) is -0.0957. The number of aromatic nitrogens is 2. The van der Waals surface area contributed by atoms with Gasteiger partial charge in [-0.05, 0) is 0 Å². The van der Waals surface area contributed by atoms with E-state index in [0.717, 1.165) is 4.57 Å². The van der Waals surface area contributed by atoms with Gasteiger partial charge in [-0.2, -0.15) is 0 Å². The SMILES string of the molecule is Cn1c(N)c(N(CCO)CCO)c(=O)[nH]c1=O. The van der Waals surface area contributed by atoms with Crippen LogP contribution in [-0.2, 0) is 7.05 Å². The number of nitrogens with zero attached hydrogens (tertiary/aromatic N) is 2. The first-order valence-corrected chi connectivity index (χ1v) is 5.08. The first kappa shape index (κ1) is 13.3. The molecule has 0 aliphatic heterocycles. The highest BCUT2D eigenvalue weighted by Crippen LogP contribution is 2.14. The highest BCUT2D eigenvalue weighted by atomic mass is 16.3. The fourth-order valence-electron chi connectivity index (χ4n) is 1.51. The molecule has 0 aromatic carbocycles. The van der Waals surface area contributed by atoms with Crippen LogP contribution in [0.4, 0.5) is 11.5 Å². The van der Waals surface area contributed by atoms with Crippen LogP contribution in [0.3, 0.4) is 0 Å². The van der Waals surface area contributed by atoms with Crippen molar-refractivity contribution in [3.05, 3.63) is 20.8 Å². The third-order valence-electron chi connectivity index (χ3n) is 2.40. The highest BCUT2D eigenvalue weighted by molar-refractivity contribution is 5.62. The lowest BCUT2D eigenvalue weighted by atomic mass is 10.3. The Hall–Kier alpha value is -1.80. The summed E-state index contributed by atoms with van der Waals surface area (Å²) in [5.74, 6) is 0.000602. The van der Waals surface area contributed by atoms with Crippen molar-refractivity contribution in [1.29, 1.82) is 0 Å². The lowest BCUT2D eigenvalue weighted by molar-refractivity contribution is 0.281. The van der Waals surface area contributed by atoms with Gasteiger partial charge in [-0.15, -0.1) is 0 Å². The zero-order valence-corrected chi connectivity index (χ0v) is 9.51. The molecule has 0 aliphatic rings. The number of aliphatic hydroxyl groups excluding tert-OH is 2. The maximum atomic E-state index is 11.7. The molecular formula is C9H16N4O4. The van der Waals surface area contributed by atoms with Crippen LogP contribution in [0.2, 0.25) is 0 Å². The molecule has 0 saturated carbocycles. The minimum atomic E-state index is -0.632. The number of nitrogens with two attached hydrogens (primary N) is 1. The smallest absolute Gasteiger partial charge is 0.329 e. The van der Waals surface area contributed by atoms with Crippen molar-refractivity contribution in [3.8, 4) is 0 Å². The summed E-state index contributed by atoms with van der Waals surface area (Å²) in [4.78, 5) is 26.4. The number of nitrogen functional groups attached to an aromatic ring is 1. The van der Waals surface area contributed by atoms with Crippen LogP contribution in [0, 0.1) is 0 Å². The van der Waals surface area contributed by atoms with Crippen LogP contribution in [-0.4, -0.2) is 46.1 Å². The third kappa shape index (κ3) is 2.66. The topological polar surface area (TPSA) is 125 Å². The zero-order valence-electron chi connectivity index (χ0n) is 9.51. The summed E-state index contributed by atoms with van der Waals surface area (Å²) < 4.78 is 1.10. The molecule has 5 N–H and O–H groups in total. The largest absolute Gasteiger partial charge is 0.395 e. The van der Waals surface area contributed by atoms with Gasteiger partial charge in [0.2, 0.25) is 0 Å². The fourth-order valence-corrected chi connectivity index (χ4v) is 1.51. The van der Waals surface area contributed by atoms with Crippen molar-refractivity contribution < 1.29 is 10.2 Å². The molecular weight excluding hydrogens is 228 g/mol. The fraction of sp³-hybridized carbons (Fsp3) is 0.556. The normalized spacial score (nSPS) is 10.5. The summed E-state index contributed by atoms with van der Waals surface area (Å²) in [7, 11) is 1.42. The molecule has 1 heterocycles. The van der Waals surface area contributed by atoms with E-state index in [9.17, 15) is 9.59 Å². The highest BCUT2D eigenvalue weighted by Gasteiger charge is 2.16. The molecule has 0 aliphatic carbocycles. The zero-order chi connectivity index (χ0) is 13.0. The summed E-state index contributed by atoms with van der Waals surface area (Å²) in [5.41, 5.74) is 4.52. The van der Waals surface area contributed by atoms with Crippen molar-refractivity contribution in [2.45, 2.75) is 0 Å². The van der Waals surface area contributed by atoms with Gasteiger partial charge in [-0.25, -0.2) is 4.79 Å². The van der Waals surface area contributed by atoms with Gasteiger partial charge in [-0.1, -0.05) is 0 Å². The molecule has 0 atom stereocenters. The van der Waals surface area contributed by atoms with Crippen LogP contribution in [0.1, 0.15) is 0 Å². The van der Waals surface area contributed by atoms with Gasteiger partial charge in [0.25, 0.3) is 5.56 Å². The van der Waals surface area contributed by atoms with Crippen LogP contribution < -0.4 is 21.9 Å². The standard InChI is InChI=1S/C9H16N4O4/c1-12-7(10)6(8(16)11-9(12)17)13(2-4-14)3-5-15/h14-15H,2-5,10H2,1H3,(H,11,16,17). The lowest BCUT2D eigenvalue weighted by Crippen LogP contribution is -2.39. The molecule has 0 spiro atoms. The van der Waals surface area contributed by atoms with Gasteiger partial charge in [0.1, 0.15) is 11.5 Å². The Balaban J connectivity index is 3.32. The van der Waals surface area contributed by atoms with E-state index in [4.69, 9.17) is 15.9 Å². The molecule has 0 bridgehead atoms. The van der Waals surface area contributed by atoms with Gasteiger partial charge in [-0.3, -0.25) is 14.3 Å². The summed E-state index contributed by atoms with van der Waals surface area (Å²) in [5, 5.41) is 17.8. The van der Waals surface area contributed by atoms with Gasteiger partial charge in [0.05, 0.1) is 13.2 Å². The maximum absolute atomic E-state index is 11.7. The van der Waals surface area contributed by atoms with Gasteiger partial charge in [0, 0.05) is 20.1 Å². The molecule has 8 nitrogen and oxygen atoms in total. The van der Waals surface area contributed by atoms with Crippen molar-refractivity contribution in [2.75, 3.05) is 36.9 Å². The number of rotatable bonds is 5. The van der Waals surface area contributed by atoms with E-state index in [-0.39, 0.29) is 37.8 Å². The molecule has 96 valence electrons. The number of aliphatic hydroxyl groups is 2. The van der Waals surface area contributed by atoms with Crippen LogP contribution in [0.25, 0.3) is 0 Å². The van der Waals surface area contributed by atoms with Crippen molar-refractivity contribution in [2.24, 2.45) is 7.05 Å². The van der Waals surface area contributed by atoms with Gasteiger partial charge < -0.3 is 20.8 Å². The Bertz CT molecular complexity index is 487. The molecule has 0 radical (unpaired) electrons. The van der Waals surface area contributed by atoms with E-state index in [1.54, 1.807) is 0 Å². The quantitative estimate of drug-likeness (QED) is 0.452. The van der Waals surface area contributed by atoms with E-state index < -0.39 is 11.2 Å². The first-order valence-electron chi connectivity index (χ1n) is 5.08. The predicted octanol–water partition coefficient (Wildman–Crippen LogP) is -2.55. The molecule has 1 rings (SSSR count). The second-order valence-electron chi connectivity index (χ2n) is 3.49. The Labute approximate surface area is 96.9 Å². The molecule has 0 amide bonds. The Kier molecular flexibility index (Phi) is 4.30. The minimum Gasteiger partial charge on any atom is -0.395 e. The number of anilines is 2.